The zero-order valence-corrected chi connectivity index (χ0v) is 19.3. The van der Waals surface area contributed by atoms with Crippen LogP contribution in [0.15, 0.2) is 18.2 Å². The Labute approximate surface area is 191 Å². The first kappa shape index (κ1) is 28.9. The molecule has 0 fully saturated rings. The van der Waals surface area contributed by atoms with Gasteiger partial charge in [-0.3, -0.25) is 10.1 Å². The van der Waals surface area contributed by atoms with Crippen molar-refractivity contribution >= 4 is 36.7 Å². The lowest BCUT2D eigenvalue weighted by atomic mass is 10.0. The van der Waals surface area contributed by atoms with Gasteiger partial charge < -0.3 is 28.8 Å². The number of carboxylic acids is 1. The third-order valence-electron chi connectivity index (χ3n) is 3.56. The van der Waals surface area contributed by atoms with Gasteiger partial charge in [-0.05, 0) is 45.4 Å². The number of nitrogens with one attached hydrogen (secondary N) is 1. The number of halogens is 1. The molecule has 180 valence electrons. The zero-order chi connectivity index (χ0) is 23.6. The van der Waals surface area contributed by atoms with E-state index in [0.29, 0.717) is 5.56 Å². The number of carbonyl (C=O) groups excluding carboxylic acids is 3. The molecule has 0 bridgehead atoms. The van der Waals surface area contributed by atoms with Crippen molar-refractivity contribution < 1.29 is 48.0 Å². The van der Waals surface area contributed by atoms with Gasteiger partial charge >= 0.3 is 24.2 Å². The van der Waals surface area contributed by atoms with E-state index in [1.807, 2.05) is 0 Å². The molecular formula is C20H28ClNO10. The Bertz CT molecular complexity index is 814. The molecule has 0 saturated heterocycles. The number of ether oxygens (including phenoxy) is 5. The maximum atomic E-state index is 12.0. The number of carbonyl (C=O) groups is 4. The van der Waals surface area contributed by atoms with Gasteiger partial charge in [0.15, 0.2) is 11.5 Å². The molecule has 12 heteroatoms. The molecule has 32 heavy (non-hydrogen) atoms. The van der Waals surface area contributed by atoms with Crippen LogP contribution in [0.2, 0.25) is 0 Å². The predicted octanol–water partition coefficient (Wildman–Crippen LogP) is 3.06. The SMILES string of the molecule is CCOC(=O)Oc1ccc(C[C@](NC(C)C)(OC(C)=O)C(=O)O)cc1OC(=O)OCC.Cl. The van der Waals surface area contributed by atoms with Crippen molar-refractivity contribution in [2.45, 2.75) is 52.8 Å². The third-order valence-corrected chi connectivity index (χ3v) is 3.56. The summed E-state index contributed by atoms with van der Waals surface area (Å²) in [6, 6.07) is 3.64. The number of benzene rings is 1. The summed E-state index contributed by atoms with van der Waals surface area (Å²) < 4.78 is 24.6. The summed E-state index contributed by atoms with van der Waals surface area (Å²) in [5, 5.41) is 12.5. The fourth-order valence-corrected chi connectivity index (χ4v) is 2.60. The van der Waals surface area contributed by atoms with E-state index in [2.05, 4.69) is 5.32 Å². The average molecular weight is 478 g/mol. The van der Waals surface area contributed by atoms with Crippen molar-refractivity contribution in [1.82, 2.24) is 5.32 Å². The number of hydrogen-bond acceptors (Lipinski definition) is 10. The minimum atomic E-state index is -2.08. The Morgan fingerprint density at radius 3 is 1.97 bits per heavy atom. The minimum Gasteiger partial charge on any atom is -0.477 e. The highest BCUT2D eigenvalue weighted by molar-refractivity contribution is 5.85. The molecule has 0 aromatic heterocycles. The number of hydrogen-bond donors (Lipinski definition) is 2. The van der Waals surface area contributed by atoms with E-state index >= 15 is 0 Å². The lowest BCUT2D eigenvalue weighted by Crippen LogP contribution is -2.59. The van der Waals surface area contributed by atoms with Crippen molar-refractivity contribution in [2.24, 2.45) is 0 Å². The van der Waals surface area contributed by atoms with Crippen molar-refractivity contribution in [3.05, 3.63) is 23.8 Å². The Kier molecular flexibility index (Phi) is 12.1. The summed E-state index contributed by atoms with van der Waals surface area (Å²) in [6.07, 6.45) is -2.40. The number of aliphatic carboxylic acids is 1. The molecule has 11 nitrogen and oxygen atoms in total. The van der Waals surface area contributed by atoms with E-state index in [1.54, 1.807) is 27.7 Å². The van der Waals surface area contributed by atoms with Gasteiger partial charge in [0.1, 0.15) is 0 Å². The van der Waals surface area contributed by atoms with Crippen LogP contribution in [0, 0.1) is 0 Å². The molecule has 0 amide bonds. The molecule has 0 aliphatic rings. The van der Waals surface area contributed by atoms with E-state index < -0.39 is 30.0 Å². The first-order chi connectivity index (χ1) is 14.5. The molecule has 1 atom stereocenters. The van der Waals surface area contributed by atoms with Gasteiger partial charge in [-0.1, -0.05) is 6.07 Å². The van der Waals surface area contributed by atoms with Crippen LogP contribution in [-0.2, 0) is 30.2 Å². The zero-order valence-electron chi connectivity index (χ0n) is 18.5. The predicted molar refractivity (Wildman–Crippen MR) is 113 cm³/mol. The molecule has 2 N–H and O–H groups in total. The van der Waals surface area contributed by atoms with Crippen molar-refractivity contribution in [3.63, 3.8) is 0 Å². The second-order valence-electron chi connectivity index (χ2n) is 6.55. The highest BCUT2D eigenvalue weighted by Crippen LogP contribution is 2.31. The number of rotatable bonds is 10. The lowest BCUT2D eigenvalue weighted by molar-refractivity contribution is -0.182. The van der Waals surface area contributed by atoms with Crippen LogP contribution in [0.5, 0.6) is 11.5 Å². The Morgan fingerprint density at radius 1 is 1.00 bits per heavy atom. The maximum Gasteiger partial charge on any atom is 0.513 e. The van der Waals surface area contributed by atoms with E-state index in [4.69, 9.17) is 23.7 Å². The van der Waals surface area contributed by atoms with Gasteiger partial charge in [-0.2, -0.15) is 0 Å². The molecule has 0 aliphatic heterocycles. The van der Waals surface area contributed by atoms with E-state index in [0.717, 1.165) is 6.92 Å². The third kappa shape index (κ3) is 8.98. The second kappa shape index (κ2) is 13.4. The van der Waals surface area contributed by atoms with Gasteiger partial charge in [0.25, 0.3) is 5.72 Å². The van der Waals surface area contributed by atoms with Gasteiger partial charge in [-0.15, -0.1) is 12.4 Å². The van der Waals surface area contributed by atoms with Gasteiger partial charge in [0.05, 0.1) is 13.2 Å². The molecule has 0 aliphatic carbocycles. The van der Waals surface area contributed by atoms with Crippen LogP contribution < -0.4 is 14.8 Å². The van der Waals surface area contributed by atoms with Gasteiger partial charge in [0, 0.05) is 19.4 Å². The molecular weight excluding hydrogens is 450 g/mol. The number of esters is 1. The number of carboxylic acid groups (broad SMARTS) is 1. The highest BCUT2D eigenvalue weighted by Gasteiger charge is 2.43. The summed E-state index contributed by atoms with van der Waals surface area (Å²) in [7, 11) is 0. The summed E-state index contributed by atoms with van der Waals surface area (Å²) in [6.45, 7) is 7.73. The second-order valence-corrected chi connectivity index (χ2v) is 6.55. The Hall–Kier alpha value is -3.05. The van der Waals surface area contributed by atoms with E-state index in [-0.39, 0.29) is 49.6 Å². The topological polar surface area (TPSA) is 147 Å². The summed E-state index contributed by atoms with van der Waals surface area (Å²) >= 11 is 0. The maximum absolute atomic E-state index is 12.0. The highest BCUT2D eigenvalue weighted by atomic mass is 35.5. The Morgan fingerprint density at radius 2 is 1.53 bits per heavy atom. The van der Waals surface area contributed by atoms with Crippen molar-refractivity contribution in [3.8, 4) is 11.5 Å². The largest absolute Gasteiger partial charge is 0.513 e. The first-order valence-electron chi connectivity index (χ1n) is 9.55. The average Bonchev–Trinajstić information content (AvgIpc) is 2.63. The first-order valence-corrected chi connectivity index (χ1v) is 9.55. The molecule has 0 radical (unpaired) electrons. The molecule has 1 aromatic carbocycles. The quantitative estimate of drug-likeness (QED) is 0.222. The Balaban J connectivity index is 0.00000961. The van der Waals surface area contributed by atoms with Gasteiger partial charge in [0.2, 0.25) is 0 Å². The van der Waals surface area contributed by atoms with Crippen molar-refractivity contribution in [1.29, 1.82) is 0 Å². The summed E-state index contributed by atoms with van der Waals surface area (Å²) in [5.41, 5.74) is -1.78. The van der Waals surface area contributed by atoms with Crippen LogP contribution >= 0.6 is 12.4 Å². The van der Waals surface area contributed by atoms with E-state index in [9.17, 15) is 24.3 Å². The monoisotopic (exact) mass is 477 g/mol. The normalized spacial score (nSPS) is 12.1. The molecule has 1 aromatic rings. The standard InChI is InChI=1S/C20H27NO10.ClH/c1-6-27-18(25)29-15-9-8-14(10-16(15)30-19(26)28-7-2)11-20(17(23)24,21-12(3)4)31-13(5)22;/h8-10,12,21H,6-7,11H2,1-5H3,(H,23,24);1H/t20-;/m0./s1. The van der Waals surface area contributed by atoms with Crippen LogP contribution in [-0.4, -0.2) is 54.3 Å². The van der Waals surface area contributed by atoms with E-state index in [1.165, 1.54) is 18.2 Å². The summed E-state index contributed by atoms with van der Waals surface area (Å²) in [5.74, 6) is -2.59. The fourth-order valence-electron chi connectivity index (χ4n) is 2.60. The van der Waals surface area contributed by atoms with Gasteiger partial charge in [-0.25, -0.2) is 14.4 Å². The molecule has 0 unspecified atom stereocenters. The molecule has 1 rings (SSSR count). The smallest absolute Gasteiger partial charge is 0.477 e. The van der Waals surface area contributed by atoms with Crippen LogP contribution in [0.1, 0.15) is 40.2 Å². The molecule has 0 spiro atoms. The minimum absolute atomic E-state index is 0. The molecule has 0 heterocycles. The van der Waals surface area contributed by atoms with Crippen LogP contribution in [0.3, 0.4) is 0 Å². The lowest BCUT2D eigenvalue weighted by Gasteiger charge is -2.32. The fraction of sp³-hybridized carbons (Fsp3) is 0.500. The van der Waals surface area contributed by atoms with Crippen LogP contribution in [0.4, 0.5) is 9.59 Å². The van der Waals surface area contributed by atoms with Crippen molar-refractivity contribution in [2.75, 3.05) is 13.2 Å². The van der Waals surface area contributed by atoms with Crippen LogP contribution in [0.25, 0.3) is 0 Å². The molecule has 0 saturated carbocycles. The summed E-state index contributed by atoms with van der Waals surface area (Å²) in [4.78, 5) is 47.0.